The quantitative estimate of drug-likeness (QED) is 0.431. The molecule has 0 amide bonds. The Bertz CT molecular complexity index is 1160. The highest BCUT2D eigenvalue weighted by Crippen LogP contribution is 2.35. The zero-order valence-corrected chi connectivity index (χ0v) is 18.0. The Kier molecular flexibility index (Phi) is 5.79. The second kappa shape index (κ2) is 8.48. The maximum atomic E-state index is 6.59. The van der Waals surface area contributed by atoms with Gasteiger partial charge in [-0.3, -0.25) is 4.98 Å². The van der Waals surface area contributed by atoms with Crippen LogP contribution in [0.4, 0.5) is 5.82 Å². The Balaban J connectivity index is 1.71. The molecule has 0 aliphatic carbocycles. The molecule has 150 valence electrons. The SMILES string of the molecule is CCc1[nH]c2nc(Sc3cnc4nccnc4c3)nc(NCCN(C)C)c2c1Cl. The average Bonchev–Trinajstić information content (AvgIpc) is 3.03. The summed E-state index contributed by atoms with van der Waals surface area (Å²) in [5.41, 5.74) is 3.03. The second-order valence-electron chi connectivity index (χ2n) is 6.75. The van der Waals surface area contributed by atoms with E-state index in [9.17, 15) is 0 Å². The van der Waals surface area contributed by atoms with Crippen molar-refractivity contribution in [3.05, 3.63) is 35.4 Å². The van der Waals surface area contributed by atoms with Crippen LogP contribution in [-0.2, 0) is 6.42 Å². The van der Waals surface area contributed by atoms with Crippen molar-refractivity contribution in [1.29, 1.82) is 0 Å². The first-order chi connectivity index (χ1) is 14.0. The molecule has 4 aromatic heterocycles. The van der Waals surface area contributed by atoms with E-state index in [1.165, 1.54) is 11.8 Å². The van der Waals surface area contributed by atoms with Crippen molar-refractivity contribution in [2.75, 3.05) is 32.5 Å². The normalized spacial score (nSPS) is 11.6. The highest BCUT2D eigenvalue weighted by molar-refractivity contribution is 7.99. The van der Waals surface area contributed by atoms with Crippen molar-refractivity contribution in [3.8, 4) is 0 Å². The third-order valence-corrected chi connectivity index (χ3v) is 5.60. The molecule has 0 aliphatic rings. The fourth-order valence-corrected chi connectivity index (χ4v) is 4.02. The summed E-state index contributed by atoms with van der Waals surface area (Å²) in [6, 6.07) is 1.94. The van der Waals surface area contributed by atoms with Gasteiger partial charge in [0.15, 0.2) is 10.8 Å². The molecule has 0 saturated heterocycles. The predicted octanol–water partition coefficient (Wildman–Crippen LogP) is 3.64. The minimum absolute atomic E-state index is 0.607. The number of aromatic nitrogens is 6. The molecule has 0 atom stereocenters. The minimum atomic E-state index is 0.607. The van der Waals surface area contributed by atoms with Gasteiger partial charge in [-0.2, -0.15) is 0 Å². The first-order valence-electron chi connectivity index (χ1n) is 9.26. The van der Waals surface area contributed by atoms with Crippen LogP contribution in [0.2, 0.25) is 5.02 Å². The summed E-state index contributed by atoms with van der Waals surface area (Å²) < 4.78 is 0. The zero-order valence-electron chi connectivity index (χ0n) is 16.4. The number of nitrogens with one attached hydrogen (secondary N) is 2. The number of fused-ring (bicyclic) bond motifs is 2. The van der Waals surface area contributed by atoms with Crippen LogP contribution in [0.1, 0.15) is 12.6 Å². The van der Waals surface area contributed by atoms with Gasteiger partial charge in [-0.25, -0.2) is 19.9 Å². The molecule has 0 spiro atoms. The summed E-state index contributed by atoms with van der Waals surface area (Å²) in [5.74, 6) is 0.730. The van der Waals surface area contributed by atoms with E-state index in [1.54, 1.807) is 18.6 Å². The molecule has 0 aromatic carbocycles. The van der Waals surface area contributed by atoms with Crippen molar-refractivity contribution in [1.82, 2.24) is 34.8 Å². The van der Waals surface area contributed by atoms with Crippen LogP contribution >= 0.6 is 23.4 Å². The first kappa shape index (κ1) is 19.8. The van der Waals surface area contributed by atoms with E-state index in [4.69, 9.17) is 16.6 Å². The Morgan fingerprint density at radius 2 is 2.00 bits per heavy atom. The van der Waals surface area contributed by atoms with Crippen LogP contribution in [0.3, 0.4) is 0 Å². The average molecular weight is 429 g/mol. The number of anilines is 1. The lowest BCUT2D eigenvalue weighted by Crippen LogP contribution is -2.21. The van der Waals surface area contributed by atoms with Gasteiger partial charge in [0, 0.05) is 42.3 Å². The van der Waals surface area contributed by atoms with Gasteiger partial charge in [0.05, 0.1) is 10.4 Å². The number of aryl methyl sites for hydroxylation is 1. The molecular weight excluding hydrogens is 408 g/mol. The maximum Gasteiger partial charge on any atom is 0.196 e. The zero-order chi connectivity index (χ0) is 20.4. The van der Waals surface area contributed by atoms with Crippen molar-refractivity contribution >= 4 is 51.4 Å². The van der Waals surface area contributed by atoms with E-state index in [0.29, 0.717) is 15.8 Å². The van der Waals surface area contributed by atoms with Crippen LogP contribution in [-0.4, -0.2) is 62.0 Å². The molecule has 0 aliphatic heterocycles. The van der Waals surface area contributed by atoms with Crippen molar-refractivity contribution in [2.45, 2.75) is 23.4 Å². The van der Waals surface area contributed by atoms with Gasteiger partial charge in [0.2, 0.25) is 0 Å². The number of hydrogen-bond acceptors (Lipinski definition) is 8. The molecular formula is C19H21ClN8S. The number of rotatable bonds is 7. The van der Waals surface area contributed by atoms with E-state index >= 15 is 0 Å². The fraction of sp³-hybridized carbons (Fsp3) is 0.316. The van der Waals surface area contributed by atoms with E-state index in [-0.39, 0.29) is 0 Å². The number of pyridine rings is 1. The lowest BCUT2D eigenvalue weighted by Gasteiger charge is -2.12. The summed E-state index contributed by atoms with van der Waals surface area (Å²) in [7, 11) is 4.07. The van der Waals surface area contributed by atoms with Crippen LogP contribution in [0.15, 0.2) is 34.7 Å². The number of H-pyrrole nitrogens is 1. The topological polar surface area (TPSA) is 95.5 Å². The molecule has 29 heavy (non-hydrogen) atoms. The van der Waals surface area contributed by atoms with Gasteiger partial charge in [-0.15, -0.1) is 0 Å². The van der Waals surface area contributed by atoms with Crippen LogP contribution in [0.25, 0.3) is 22.2 Å². The van der Waals surface area contributed by atoms with Crippen LogP contribution in [0.5, 0.6) is 0 Å². The van der Waals surface area contributed by atoms with Crippen LogP contribution < -0.4 is 5.32 Å². The van der Waals surface area contributed by atoms with Gasteiger partial charge in [-0.1, -0.05) is 18.5 Å². The molecule has 4 rings (SSSR count). The Morgan fingerprint density at radius 1 is 1.17 bits per heavy atom. The van der Waals surface area contributed by atoms with E-state index < -0.39 is 0 Å². The lowest BCUT2D eigenvalue weighted by atomic mass is 10.3. The van der Waals surface area contributed by atoms with Crippen LogP contribution in [0, 0.1) is 0 Å². The molecule has 4 aromatic rings. The Labute approximate surface area is 177 Å². The molecule has 0 unspecified atom stereocenters. The lowest BCUT2D eigenvalue weighted by molar-refractivity contribution is 0.425. The van der Waals surface area contributed by atoms with Gasteiger partial charge in [0.25, 0.3) is 0 Å². The highest BCUT2D eigenvalue weighted by atomic mass is 35.5. The summed E-state index contributed by atoms with van der Waals surface area (Å²) >= 11 is 8.02. The summed E-state index contributed by atoms with van der Waals surface area (Å²) in [5, 5.41) is 5.51. The number of likely N-dealkylation sites (N-methyl/N-ethyl adjacent to an activating group) is 1. The molecule has 0 radical (unpaired) electrons. The minimum Gasteiger partial charge on any atom is -0.368 e. The third-order valence-electron chi connectivity index (χ3n) is 4.36. The van der Waals surface area contributed by atoms with Gasteiger partial charge < -0.3 is 15.2 Å². The summed E-state index contributed by atoms with van der Waals surface area (Å²) in [6.07, 6.45) is 5.84. The number of hydrogen-bond donors (Lipinski definition) is 2. The fourth-order valence-electron chi connectivity index (χ4n) is 2.90. The first-order valence-corrected chi connectivity index (χ1v) is 10.5. The molecule has 10 heteroatoms. The maximum absolute atomic E-state index is 6.59. The van der Waals surface area contributed by atoms with Crippen molar-refractivity contribution in [2.24, 2.45) is 0 Å². The predicted molar refractivity (Wildman–Crippen MR) is 117 cm³/mol. The molecule has 8 nitrogen and oxygen atoms in total. The van der Waals surface area contributed by atoms with Gasteiger partial charge in [-0.05, 0) is 38.3 Å². The van der Waals surface area contributed by atoms with Gasteiger partial charge in [0.1, 0.15) is 17.0 Å². The molecule has 0 bridgehead atoms. The monoisotopic (exact) mass is 428 g/mol. The largest absolute Gasteiger partial charge is 0.368 e. The smallest absolute Gasteiger partial charge is 0.196 e. The molecule has 0 fully saturated rings. The van der Waals surface area contributed by atoms with E-state index in [2.05, 4.69) is 42.1 Å². The second-order valence-corrected chi connectivity index (χ2v) is 8.17. The number of aromatic amines is 1. The number of halogens is 1. The third kappa shape index (κ3) is 4.26. The molecule has 4 heterocycles. The highest BCUT2D eigenvalue weighted by Gasteiger charge is 2.17. The Hall–Kier alpha value is -2.49. The molecule has 0 saturated carbocycles. The summed E-state index contributed by atoms with van der Waals surface area (Å²) in [4.78, 5) is 28.6. The van der Waals surface area contributed by atoms with Crippen molar-refractivity contribution < 1.29 is 0 Å². The van der Waals surface area contributed by atoms with Crippen molar-refractivity contribution in [3.63, 3.8) is 0 Å². The van der Waals surface area contributed by atoms with Gasteiger partial charge >= 0.3 is 0 Å². The van der Waals surface area contributed by atoms with E-state index in [0.717, 1.165) is 52.5 Å². The van der Waals surface area contributed by atoms with E-state index in [1.807, 2.05) is 20.2 Å². The number of nitrogens with zero attached hydrogens (tertiary/aromatic N) is 6. The summed E-state index contributed by atoms with van der Waals surface area (Å²) in [6.45, 7) is 3.68. The standard InChI is InChI=1S/C19H21ClN8S/c1-4-12-15(20)14-17(23-7-8-28(2)3)26-19(27-18(14)25-12)29-11-9-13-16(24-10-11)22-6-5-21-13/h5-6,9-10H,4,7-8H2,1-3H3,(H2,23,25,26,27). The Morgan fingerprint density at radius 3 is 2.79 bits per heavy atom. The molecule has 2 N–H and O–H groups in total.